The van der Waals surface area contributed by atoms with Crippen LogP contribution in [0.5, 0.6) is 0 Å². The van der Waals surface area contributed by atoms with Gasteiger partial charge in [-0.2, -0.15) is 0 Å². The molecular weight excluding hydrogens is 1050 g/mol. The van der Waals surface area contributed by atoms with Crippen LogP contribution in [0.2, 0.25) is 0 Å². The van der Waals surface area contributed by atoms with Crippen molar-refractivity contribution in [3.8, 4) is 9.75 Å². The summed E-state index contributed by atoms with van der Waals surface area (Å²) in [6.45, 7) is 15.1. The maximum atomic E-state index is 15.7. The number of carbonyl (C=O) groups excluding carboxylic acids is 2. The molecule has 2 amide bonds. The number of benzene rings is 1. The topological polar surface area (TPSA) is 40.6 Å². The molecule has 7 rings (SSSR count). The second-order valence-electron chi connectivity index (χ2n) is 24.5. The molecule has 8 heteroatoms. The lowest BCUT2D eigenvalue weighted by molar-refractivity contribution is -0.124. The SMILES string of the molecule is CCCCCCCCCCCCc1c2cc(-c3ccc(C4=C5C(=O)N(CC(CCCC)CCCCCC)C(c6cccs6)=C5C(=O)N4CC(CCCC)CCCCCC)s3)sc2c(CCCCCCCCCCCC)c2ccsc12. The number of aryl methyl sites for hydroxylation is 2. The van der Waals surface area contributed by atoms with E-state index in [1.165, 1.54) is 216 Å². The molecule has 442 valence electrons. The van der Waals surface area contributed by atoms with Crippen LogP contribution in [0.1, 0.15) is 294 Å². The van der Waals surface area contributed by atoms with Crippen LogP contribution in [0.4, 0.5) is 0 Å². The Bertz CT molecular complexity index is 2570. The summed E-state index contributed by atoms with van der Waals surface area (Å²) in [5, 5.41) is 7.47. The zero-order chi connectivity index (χ0) is 56.3. The molecule has 6 heterocycles. The van der Waals surface area contributed by atoms with E-state index in [-0.39, 0.29) is 11.8 Å². The normalized spacial score (nSPS) is 14.7. The van der Waals surface area contributed by atoms with E-state index in [4.69, 9.17) is 0 Å². The second-order valence-corrected chi connectivity index (χ2v) is 28.5. The first kappa shape index (κ1) is 64.5. The van der Waals surface area contributed by atoms with Gasteiger partial charge in [-0.3, -0.25) is 9.59 Å². The molecule has 0 saturated heterocycles. The van der Waals surface area contributed by atoms with Crippen molar-refractivity contribution in [3.05, 3.63) is 79.2 Å². The molecule has 0 spiro atoms. The molecular formula is C72H108N2O2S4. The molecule has 0 fully saturated rings. The molecule has 2 atom stereocenters. The van der Waals surface area contributed by atoms with Gasteiger partial charge in [-0.1, -0.05) is 240 Å². The predicted octanol–water partition coefficient (Wildman–Crippen LogP) is 24.2. The maximum Gasteiger partial charge on any atom is 0.261 e. The number of unbranched alkanes of at least 4 members (excludes halogenated alkanes) is 26. The van der Waals surface area contributed by atoms with Gasteiger partial charge in [0.05, 0.1) is 32.3 Å². The number of nitrogens with zero attached hydrogens (tertiary/aromatic N) is 2. The van der Waals surface area contributed by atoms with E-state index in [0.29, 0.717) is 36.1 Å². The van der Waals surface area contributed by atoms with Crippen molar-refractivity contribution in [3.63, 3.8) is 0 Å². The lowest BCUT2D eigenvalue weighted by Crippen LogP contribution is -2.34. The fourth-order valence-corrected chi connectivity index (χ4v) is 17.4. The van der Waals surface area contributed by atoms with Crippen LogP contribution < -0.4 is 0 Å². The first-order chi connectivity index (χ1) is 39.4. The summed E-state index contributed by atoms with van der Waals surface area (Å²) in [6, 6.07) is 13.9. The minimum atomic E-state index is 0.0440. The summed E-state index contributed by atoms with van der Waals surface area (Å²) in [5.41, 5.74) is 6.23. The lowest BCUT2D eigenvalue weighted by Gasteiger charge is -2.29. The average molecular weight is 1160 g/mol. The highest BCUT2D eigenvalue weighted by molar-refractivity contribution is 7.26. The van der Waals surface area contributed by atoms with Crippen molar-refractivity contribution < 1.29 is 9.59 Å². The van der Waals surface area contributed by atoms with Crippen LogP contribution in [0.3, 0.4) is 0 Å². The molecule has 0 N–H and O–H groups in total. The van der Waals surface area contributed by atoms with Gasteiger partial charge in [0, 0.05) is 32.2 Å². The molecule has 0 bridgehead atoms. The Morgan fingerprint density at radius 3 is 1.27 bits per heavy atom. The zero-order valence-corrected chi connectivity index (χ0v) is 54.7. The maximum absolute atomic E-state index is 15.7. The first-order valence-electron chi connectivity index (χ1n) is 33.6. The van der Waals surface area contributed by atoms with Crippen molar-refractivity contribution in [2.75, 3.05) is 13.1 Å². The zero-order valence-electron chi connectivity index (χ0n) is 51.4. The third kappa shape index (κ3) is 18.0. The third-order valence-electron chi connectivity index (χ3n) is 17.9. The molecule has 80 heavy (non-hydrogen) atoms. The number of thiophene rings is 4. The van der Waals surface area contributed by atoms with Gasteiger partial charge in [0.2, 0.25) is 0 Å². The first-order valence-corrected chi connectivity index (χ1v) is 37.0. The molecule has 1 aromatic carbocycles. The fraction of sp³-hybridized carbons (Fsp3) is 0.667. The van der Waals surface area contributed by atoms with Gasteiger partial charge in [0.25, 0.3) is 11.8 Å². The molecule has 0 aliphatic carbocycles. The predicted molar refractivity (Wildman–Crippen MR) is 357 cm³/mol. The van der Waals surface area contributed by atoms with E-state index in [0.717, 1.165) is 78.9 Å². The minimum absolute atomic E-state index is 0.0440. The summed E-state index contributed by atoms with van der Waals surface area (Å²) >= 11 is 7.49. The number of fused-ring (bicyclic) bond motifs is 3. The van der Waals surface area contributed by atoms with Crippen LogP contribution in [-0.2, 0) is 22.4 Å². The largest absolute Gasteiger partial charge is 0.306 e. The third-order valence-corrected chi connectivity index (χ3v) is 22.3. The molecule has 2 aliphatic heterocycles. The van der Waals surface area contributed by atoms with Gasteiger partial charge >= 0.3 is 0 Å². The van der Waals surface area contributed by atoms with Gasteiger partial charge in [-0.05, 0) is 126 Å². The number of carbonyl (C=O) groups is 2. The van der Waals surface area contributed by atoms with E-state index >= 15 is 9.59 Å². The summed E-state index contributed by atoms with van der Waals surface area (Å²) in [6.07, 6.45) is 48.3. The van der Waals surface area contributed by atoms with Crippen LogP contribution in [-0.4, -0.2) is 34.7 Å². The Kier molecular flexibility index (Phi) is 29.0. The van der Waals surface area contributed by atoms with Gasteiger partial charge in [0.15, 0.2) is 0 Å². The number of hydrogen-bond donors (Lipinski definition) is 0. The molecule has 2 aliphatic rings. The van der Waals surface area contributed by atoms with Gasteiger partial charge in [-0.25, -0.2) is 0 Å². The van der Waals surface area contributed by atoms with E-state index < -0.39 is 0 Å². The van der Waals surface area contributed by atoms with Crippen molar-refractivity contribution >= 4 is 88.7 Å². The van der Waals surface area contributed by atoms with Gasteiger partial charge < -0.3 is 9.80 Å². The van der Waals surface area contributed by atoms with Gasteiger partial charge in [0.1, 0.15) is 0 Å². The molecule has 4 aromatic heterocycles. The Hall–Kier alpha value is -3.04. The number of rotatable bonds is 45. The molecule has 5 aromatic rings. The van der Waals surface area contributed by atoms with Crippen molar-refractivity contribution in [1.29, 1.82) is 0 Å². The van der Waals surface area contributed by atoms with Crippen LogP contribution in [0.15, 0.2) is 58.3 Å². The molecule has 0 saturated carbocycles. The summed E-state index contributed by atoms with van der Waals surface area (Å²) in [4.78, 5) is 40.3. The van der Waals surface area contributed by atoms with Crippen LogP contribution >= 0.6 is 45.3 Å². The smallest absolute Gasteiger partial charge is 0.261 e. The van der Waals surface area contributed by atoms with E-state index in [2.05, 4.69) is 98.5 Å². The number of amides is 2. The highest BCUT2D eigenvalue weighted by Gasteiger charge is 2.50. The summed E-state index contributed by atoms with van der Waals surface area (Å²) < 4.78 is 3.02. The highest BCUT2D eigenvalue weighted by atomic mass is 32.1. The van der Waals surface area contributed by atoms with Crippen molar-refractivity contribution in [2.24, 2.45) is 11.8 Å². The van der Waals surface area contributed by atoms with Crippen LogP contribution in [0.25, 0.3) is 41.3 Å². The molecule has 4 nitrogen and oxygen atoms in total. The quantitative estimate of drug-likeness (QED) is 0.0365. The van der Waals surface area contributed by atoms with E-state index in [1.54, 1.807) is 22.5 Å². The Morgan fingerprint density at radius 2 is 0.800 bits per heavy atom. The van der Waals surface area contributed by atoms with E-state index in [1.807, 2.05) is 34.0 Å². The second kappa shape index (κ2) is 36.0. The molecule has 0 radical (unpaired) electrons. The van der Waals surface area contributed by atoms with Gasteiger partial charge in [-0.15, -0.1) is 45.3 Å². The minimum Gasteiger partial charge on any atom is -0.306 e. The van der Waals surface area contributed by atoms with Crippen LogP contribution in [0, 0.1) is 11.8 Å². The van der Waals surface area contributed by atoms with Crippen molar-refractivity contribution in [2.45, 2.75) is 286 Å². The Labute approximate surface area is 504 Å². The monoisotopic (exact) mass is 1160 g/mol. The fourth-order valence-electron chi connectivity index (χ4n) is 13.2. The highest BCUT2D eigenvalue weighted by Crippen LogP contribution is 2.52. The van der Waals surface area contributed by atoms with Crippen molar-refractivity contribution in [1.82, 2.24) is 9.80 Å². The lowest BCUT2D eigenvalue weighted by atomic mass is 9.94. The Balaban J connectivity index is 1.25. The summed E-state index contributed by atoms with van der Waals surface area (Å²) in [5.74, 6) is 0.885. The number of hydrogen-bond acceptors (Lipinski definition) is 6. The summed E-state index contributed by atoms with van der Waals surface area (Å²) in [7, 11) is 0. The standard InChI is InChI=1S/C72H108N2O2S4/c1-7-13-19-23-25-27-29-31-33-37-44-57-59-49-51-78-69(59)58(45-38-34-32-30-28-26-24-20-14-8-2)60-52-64(80-70(57)60)61-47-48-63(79-61)68-66-65(71(75)74(68)54-56(41-18-12-6)43-36-22-16-10-4)67(62-46-39-50-77-62)73(72(66)76)53-55(40-17-11-5)42-35-21-15-9-3/h39,46-52,55-56H,7-38,40-45,53-54H2,1-6H3. The Morgan fingerprint density at radius 1 is 0.375 bits per heavy atom. The van der Waals surface area contributed by atoms with E-state index in [9.17, 15) is 0 Å². The average Bonchev–Trinajstić information content (AvgIpc) is 4.54. The molecule has 2 unspecified atom stereocenters.